The summed E-state index contributed by atoms with van der Waals surface area (Å²) in [5.74, 6) is 6.83. The van der Waals surface area contributed by atoms with Crippen LogP contribution in [0.3, 0.4) is 0 Å². The van der Waals surface area contributed by atoms with Crippen LogP contribution in [-0.4, -0.2) is 17.7 Å². The highest BCUT2D eigenvalue weighted by Crippen LogP contribution is 2.53. The summed E-state index contributed by atoms with van der Waals surface area (Å²) >= 11 is 0. The van der Waals surface area contributed by atoms with Gasteiger partial charge >= 0.3 is 0 Å². The SMILES string of the molecule is CCC1(C(O)(C#CC[NH+](Cc2ccccc2)C(C)C)c2ccccc2)CCCC1. The van der Waals surface area contributed by atoms with Gasteiger partial charge in [0.15, 0.2) is 5.60 Å². The molecule has 2 unspecified atom stereocenters. The van der Waals surface area contributed by atoms with Crippen LogP contribution >= 0.6 is 0 Å². The van der Waals surface area contributed by atoms with Crippen molar-refractivity contribution in [2.75, 3.05) is 6.54 Å². The second kappa shape index (κ2) is 9.61. The Bertz CT molecular complexity index is 812. The zero-order valence-corrected chi connectivity index (χ0v) is 18.2. The highest BCUT2D eigenvalue weighted by Gasteiger charge is 2.50. The standard InChI is InChI=1S/C27H35NO/c1-4-26(18-11-12-19-26)27(29,25-16-9-6-10-17-25)20-13-21-28(23(2)3)22-24-14-7-5-8-15-24/h5-10,14-17,23,29H,4,11-12,18-19,21-22H2,1-3H3/p+1. The smallest absolute Gasteiger partial charge is 0.156 e. The summed E-state index contributed by atoms with van der Waals surface area (Å²) in [4.78, 5) is 1.43. The Morgan fingerprint density at radius 2 is 1.59 bits per heavy atom. The van der Waals surface area contributed by atoms with Crippen molar-refractivity contribution >= 4 is 0 Å². The van der Waals surface area contributed by atoms with E-state index in [0.29, 0.717) is 6.04 Å². The average Bonchev–Trinajstić information content (AvgIpc) is 3.25. The van der Waals surface area contributed by atoms with E-state index < -0.39 is 5.60 Å². The van der Waals surface area contributed by atoms with Gasteiger partial charge in [-0.1, -0.05) is 86.3 Å². The summed E-state index contributed by atoms with van der Waals surface area (Å²) < 4.78 is 0. The van der Waals surface area contributed by atoms with Crippen molar-refractivity contribution < 1.29 is 10.0 Å². The molecule has 3 rings (SSSR count). The molecule has 0 saturated heterocycles. The molecule has 29 heavy (non-hydrogen) atoms. The molecule has 2 heteroatoms. The predicted octanol–water partition coefficient (Wildman–Crippen LogP) is 4.34. The van der Waals surface area contributed by atoms with Crippen molar-refractivity contribution in [2.45, 2.75) is 71.1 Å². The Morgan fingerprint density at radius 1 is 1.00 bits per heavy atom. The lowest BCUT2D eigenvalue weighted by atomic mass is 9.65. The molecule has 2 nitrogen and oxygen atoms in total. The molecule has 1 fully saturated rings. The van der Waals surface area contributed by atoms with Crippen molar-refractivity contribution in [3.05, 3.63) is 71.8 Å². The van der Waals surface area contributed by atoms with E-state index in [1.54, 1.807) is 0 Å². The minimum Gasteiger partial charge on any atom is -0.373 e. The van der Waals surface area contributed by atoms with Crippen molar-refractivity contribution in [1.29, 1.82) is 0 Å². The minimum absolute atomic E-state index is 0.140. The Balaban J connectivity index is 1.88. The first kappa shape index (κ1) is 21.6. The van der Waals surface area contributed by atoms with E-state index in [1.165, 1.54) is 23.3 Å². The summed E-state index contributed by atoms with van der Waals surface area (Å²) in [7, 11) is 0. The molecule has 2 aromatic rings. The van der Waals surface area contributed by atoms with Gasteiger partial charge in [-0.3, -0.25) is 0 Å². The fourth-order valence-electron chi connectivity index (χ4n) is 4.83. The van der Waals surface area contributed by atoms with E-state index in [-0.39, 0.29) is 5.41 Å². The maximum atomic E-state index is 12.0. The van der Waals surface area contributed by atoms with Gasteiger partial charge in [0, 0.05) is 11.0 Å². The Morgan fingerprint density at radius 3 is 2.14 bits per heavy atom. The number of benzene rings is 2. The molecular formula is C27H36NO+. The topological polar surface area (TPSA) is 24.7 Å². The number of hydrogen-bond donors (Lipinski definition) is 2. The van der Waals surface area contributed by atoms with Crippen LogP contribution in [0.2, 0.25) is 0 Å². The molecule has 2 aromatic carbocycles. The number of aliphatic hydroxyl groups is 1. The van der Waals surface area contributed by atoms with Crippen molar-refractivity contribution in [2.24, 2.45) is 5.41 Å². The van der Waals surface area contributed by atoms with Crippen molar-refractivity contribution in [3.63, 3.8) is 0 Å². The molecule has 1 saturated carbocycles. The normalized spacial score (nSPS) is 18.7. The predicted molar refractivity (Wildman–Crippen MR) is 120 cm³/mol. The molecule has 1 aliphatic carbocycles. The van der Waals surface area contributed by atoms with Gasteiger partial charge in [0.25, 0.3) is 0 Å². The van der Waals surface area contributed by atoms with Crippen LogP contribution in [0.25, 0.3) is 0 Å². The number of hydrogen-bond acceptors (Lipinski definition) is 1. The fraction of sp³-hybridized carbons (Fsp3) is 0.481. The molecule has 154 valence electrons. The van der Waals surface area contributed by atoms with Crippen molar-refractivity contribution in [1.82, 2.24) is 0 Å². The van der Waals surface area contributed by atoms with E-state index in [4.69, 9.17) is 0 Å². The summed E-state index contributed by atoms with van der Waals surface area (Å²) in [6, 6.07) is 21.2. The summed E-state index contributed by atoms with van der Waals surface area (Å²) in [5.41, 5.74) is 1.06. The van der Waals surface area contributed by atoms with Gasteiger partial charge in [-0.2, -0.15) is 0 Å². The Hall–Kier alpha value is -2.08. The molecule has 2 N–H and O–H groups in total. The van der Waals surface area contributed by atoms with E-state index in [0.717, 1.165) is 37.9 Å². The second-order valence-electron chi connectivity index (χ2n) is 8.87. The highest BCUT2D eigenvalue weighted by molar-refractivity contribution is 5.36. The van der Waals surface area contributed by atoms with Crippen LogP contribution in [0.5, 0.6) is 0 Å². The van der Waals surface area contributed by atoms with Gasteiger partial charge in [-0.15, -0.1) is 0 Å². The zero-order chi connectivity index (χ0) is 20.7. The van der Waals surface area contributed by atoms with Crippen LogP contribution in [0.4, 0.5) is 0 Å². The lowest BCUT2D eigenvalue weighted by Crippen LogP contribution is -3.13. The molecule has 0 amide bonds. The largest absolute Gasteiger partial charge is 0.373 e. The third-order valence-electron chi connectivity index (χ3n) is 6.87. The average molecular weight is 391 g/mol. The van der Waals surface area contributed by atoms with Gasteiger partial charge < -0.3 is 10.0 Å². The molecule has 2 atom stereocenters. The molecule has 0 aliphatic heterocycles. The van der Waals surface area contributed by atoms with Gasteiger partial charge in [0.1, 0.15) is 13.1 Å². The first-order valence-corrected chi connectivity index (χ1v) is 11.2. The quantitative estimate of drug-likeness (QED) is 0.676. The molecule has 0 aromatic heterocycles. The lowest BCUT2D eigenvalue weighted by molar-refractivity contribution is -0.928. The number of rotatable bonds is 7. The van der Waals surface area contributed by atoms with Crippen LogP contribution in [0.1, 0.15) is 64.0 Å². The fourth-order valence-corrected chi connectivity index (χ4v) is 4.83. The van der Waals surface area contributed by atoms with Crippen LogP contribution in [0.15, 0.2) is 60.7 Å². The van der Waals surface area contributed by atoms with Crippen LogP contribution in [-0.2, 0) is 12.1 Å². The highest BCUT2D eigenvalue weighted by atomic mass is 16.3. The first-order valence-electron chi connectivity index (χ1n) is 11.2. The van der Waals surface area contributed by atoms with E-state index in [1.807, 2.05) is 30.3 Å². The summed E-state index contributed by atoms with van der Waals surface area (Å²) in [6.07, 6.45) is 5.42. The van der Waals surface area contributed by atoms with Crippen LogP contribution < -0.4 is 4.90 Å². The molecule has 0 heterocycles. The maximum Gasteiger partial charge on any atom is 0.156 e. The third-order valence-corrected chi connectivity index (χ3v) is 6.87. The number of quaternary nitrogens is 1. The van der Waals surface area contributed by atoms with E-state index >= 15 is 0 Å². The second-order valence-corrected chi connectivity index (χ2v) is 8.87. The summed E-state index contributed by atoms with van der Waals surface area (Å²) in [5, 5.41) is 12.0. The minimum atomic E-state index is -1.08. The lowest BCUT2D eigenvalue weighted by Gasteiger charge is -2.42. The molecular weight excluding hydrogens is 354 g/mol. The van der Waals surface area contributed by atoms with E-state index in [2.05, 4.69) is 62.9 Å². The molecule has 0 bridgehead atoms. The Labute approximate surface area is 177 Å². The zero-order valence-electron chi connectivity index (χ0n) is 18.2. The van der Waals surface area contributed by atoms with Gasteiger partial charge in [-0.25, -0.2) is 0 Å². The molecule has 0 spiro atoms. The van der Waals surface area contributed by atoms with E-state index in [9.17, 15) is 5.11 Å². The molecule has 1 aliphatic rings. The van der Waals surface area contributed by atoms with Crippen molar-refractivity contribution in [3.8, 4) is 11.8 Å². The Kier molecular flexibility index (Phi) is 7.17. The van der Waals surface area contributed by atoms with Gasteiger partial charge in [0.05, 0.1) is 6.04 Å². The van der Waals surface area contributed by atoms with Crippen LogP contribution in [0, 0.1) is 17.3 Å². The first-order chi connectivity index (χ1) is 14.0. The summed E-state index contributed by atoms with van der Waals surface area (Å²) in [6.45, 7) is 8.39. The molecule has 0 radical (unpaired) electrons. The number of nitrogens with one attached hydrogen (secondary N) is 1. The van der Waals surface area contributed by atoms with Gasteiger partial charge in [-0.05, 0) is 44.6 Å². The third kappa shape index (κ3) is 4.74. The van der Waals surface area contributed by atoms with Gasteiger partial charge in [0.2, 0.25) is 0 Å². The monoisotopic (exact) mass is 390 g/mol. The maximum absolute atomic E-state index is 12.0.